The van der Waals surface area contributed by atoms with E-state index < -0.39 is 0 Å². The molecule has 1 aromatic carbocycles. The number of benzene rings is 1. The molecule has 2 heterocycles. The Labute approximate surface area is 108 Å². The van der Waals surface area contributed by atoms with Crippen LogP contribution in [-0.2, 0) is 0 Å². The van der Waals surface area contributed by atoms with Crippen molar-refractivity contribution in [3.63, 3.8) is 0 Å². The lowest BCUT2D eigenvalue weighted by atomic mass is 10.2. The third-order valence-corrected chi connectivity index (χ3v) is 3.57. The fourth-order valence-corrected chi connectivity index (χ4v) is 2.52. The molecule has 0 atom stereocenters. The van der Waals surface area contributed by atoms with E-state index in [1.807, 2.05) is 12.1 Å². The Morgan fingerprint density at radius 3 is 2.88 bits per heavy atom. The molecule has 0 aliphatic rings. The van der Waals surface area contributed by atoms with Crippen LogP contribution < -0.4 is 5.32 Å². The molecule has 0 aliphatic heterocycles. The van der Waals surface area contributed by atoms with Crippen LogP contribution in [-0.4, -0.2) is 4.98 Å². The summed E-state index contributed by atoms with van der Waals surface area (Å²) in [4.78, 5) is 4.20. The minimum Gasteiger partial charge on any atom is -0.340 e. The number of hydrogen-bond acceptors (Lipinski definition) is 3. The summed E-state index contributed by atoms with van der Waals surface area (Å²) < 4.78 is 1.29. The van der Waals surface area contributed by atoms with Crippen molar-refractivity contribution in [3.05, 3.63) is 53.0 Å². The Balaban J connectivity index is 1.91. The highest BCUT2D eigenvalue weighted by Gasteiger charge is 1.99. The van der Waals surface area contributed by atoms with Crippen LogP contribution in [0.5, 0.6) is 0 Å². The Bertz CT molecular complexity index is 646. The molecule has 0 saturated heterocycles. The van der Waals surface area contributed by atoms with E-state index in [1.54, 1.807) is 17.5 Å². The van der Waals surface area contributed by atoms with Crippen LogP contribution in [0.4, 0.5) is 11.5 Å². The largest absolute Gasteiger partial charge is 0.340 e. The molecule has 0 unspecified atom stereocenters. The Morgan fingerprint density at radius 2 is 2.06 bits per heavy atom. The van der Waals surface area contributed by atoms with Gasteiger partial charge in [-0.05, 0) is 47.2 Å². The fraction of sp³-hybridized carbons (Fsp3) is 0. The van der Waals surface area contributed by atoms with E-state index in [4.69, 9.17) is 11.6 Å². The van der Waals surface area contributed by atoms with Crippen molar-refractivity contribution in [1.29, 1.82) is 0 Å². The van der Waals surface area contributed by atoms with E-state index >= 15 is 0 Å². The predicted octanol–water partition coefficient (Wildman–Crippen LogP) is 4.69. The summed E-state index contributed by atoms with van der Waals surface area (Å²) in [7, 11) is 0. The smallest absolute Gasteiger partial charge is 0.130 e. The van der Waals surface area contributed by atoms with E-state index in [1.165, 1.54) is 10.1 Å². The summed E-state index contributed by atoms with van der Waals surface area (Å²) >= 11 is 7.53. The maximum absolute atomic E-state index is 5.79. The first-order chi connectivity index (χ1) is 8.31. The van der Waals surface area contributed by atoms with E-state index in [0.29, 0.717) is 5.02 Å². The van der Waals surface area contributed by atoms with Crippen molar-refractivity contribution in [2.24, 2.45) is 0 Å². The van der Waals surface area contributed by atoms with Gasteiger partial charge >= 0.3 is 0 Å². The molecule has 0 amide bonds. The normalized spacial score (nSPS) is 10.6. The number of hydrogen-bond donors (Lipinski definition) is 1. The molecule has 0 bridgehead atoms. The van der Waals surface area contributed by atoms with Crippen molar-refractivity contribution in [2.75, 3.05) is 5.32 Å². The molecule has 0 fully saturated rings. The van der Waals surface area contributed by atoms with Gasteiger partial charge in [-0.2, -0.15) is 0 Å². The van der Waals surface area contributed by atoms with Gasteiger partial charge in [0.2, 0.25) is 0 Å². The van der Waals surface area contributed by atoms with Gasteiger partial charge < -0.3 is 5.32 Å². The summed E-state index contributed by atoms with van der Waals surface area (Å²) in [6.45, 7) is 0. The highest BCUT2D eigenvalue weighted by molar-refractivity contribution is 7.17. The Kier molecular flexibility index (Phi) is 2.71. The van der Waals surface area contributed by atoms with Gasteiger partial charge in [0.15, 0.2) is 0 Å². The molecule has 0 spiro atoms. The summed E-state index contributed by atoms with van der Waals surface area (Å²) in [6.07, 6.45) is 1.63. The molecule has 2 aromatic heterocycles. The number of halogens is 1. The molecule has 0 radical (unpaired) electrons. The minimum atomic E-state index is 0.642. The SMILES string of the molecule is Clc1ccc(Nc2ccc3sccc3c2)nc1. The number of nitrogens with zero attached hydrogens (tertiary/aromatic N) is 1. The van der Waals surface area contributed by atoms with Crippen molar-refractivity contribution < 1.29 is 0 Å². The van der Waals surface area contributed by atoms with E-state index in [9.17, 15) is 0 Å². The lowest BCUT2D eigenvalue weighted by molar-refractivity contribution is 1.31. The standard InChI is InChI=1S/C13H9ClN2S/c14-10-1-4-13(15-8-10)16-11-2-3-12-9(7-11)5-6-17-12/h1-8H,(H,15,16). The second-order valence-corrected chi connectivity index (χ2v) is 5.04. The maximum atomic E-state index is 5.79. The zero-order chi connectivity index (χ0) is 11.7. The van der Waals surface area contributed by atoms with Crippen LogP contribution >= 0.6 is 22.9 Å². The Hall–Kier alpha value is -1.58. The van der Waals surface area contributed by atoms with Gasteiger partial charge in [0.05, 0.1) is 5.02 Å². The molecule has 17 heavy (non-hydrogen) atoms. The molecule has 0 aliphatic carbocycles. The van der Waals surface area contributed by atoms with E-state index in [0.717, 1.165) is 11.5 Å². The molecule has 2 nitrogen and oxygen atoms in total. The molecular formula is C13H9ClN2S. The summed E-state index contributed by atoms with van der Waals surface area (Å²) in [6, 6.07) is 12.1. The number of anilines is 2. The molecule has 84 valence electrons. The van der Waals surface area contributed by atoms with Crippen LogP contribution in [0.25, 0.3) is 10.1 Å². The molecule has 0 saturated carbocycles. The first-order valence-electron chi connectivity index (χ1n) is 5.17. The molecule has 4 heteroatoms. The first-order valence-corrected chi connectivity index (χ1v) is 6.43. The molecular weight excluding hydrogens is 252 g/mol. The van der Waals surface area contributed by atoms with Gasteiger partial charge in [0, 0.05) is 16.6 Å². The first kappa shape index (κ1) is 10.6. The Morgan fingerprint density at radius 1 is 1.12 bits per heavy atom. The number of aromatic nitrogens is 1. The highest BCUT2D eigenvalue weighted by Crippen LogP contribution is 2.25. The lowest BCUT2D eigenvalue weighted by Crippen LogP contribution is -1.92. The average Bonchev–Trinajstić information content (AvgIpc) is 2.79. The van der Waals surface area contributed by atoms with Crippen molar-refractivity contribution >= 4 is 44.5 Å². The quantitative estimate of drug-likeness (QED) is 0.723. The third-order valence-electron chi connectivity index (χ3n) is 2.45. The van der Waals surface area contributed by atoms with Gasteiger partial charge in [-0.15, -0.1) is 11.3 Å². The van der Waals surface area contributed by atoms with Gasteiger partial charge in [0.1, 0.15) is 5.82 Å². The van der Waals surface area contributed by atoms with Crippen molar-refractivity contribution in [2.45, 2.75) is 0 Å². The molecule has 3 rings (SSSR count). The van der Waals surface area contributed by atoms with Crippen molar-refractivity contribution in [1.82, 2.24) is 4.98 Å². The van der Waals surface area contributed by atoms with Crippen LogP contribution in [0.3, 0.4) is 0 Å². The summed E-state index contributed by atoms with van der Waals surface area (Å²) in [5.74, 6) is 0.795. The number of thiophene rings is 1. The van der Waals surface area contributed by atoms with Crippen molar-refractivity contribution in [3.8, 4) is 0 Å². The predicted molar refractivity (Wildman–Crippen MR) is 74.4 cm³/mol. The van der Waals surface area contributed by atoms with Crippen LogP contribution in [0, 0.1) is 0 Å². The number of pyridine rings is 1. The third kappa shape index (κ3) is 2.25. The average molecular weight is 261 g/mol. The monoisotopic (exact) mass is 260 g/mol. The second-order valence-electron chi connectivity index (χ2n) is 3.66. The van der Waals surface area contributed by atoms with Gasteiger partial charge in [-0.3, -0.25) is 0 Å². The fourth-order valence-electron chi connectivity index (χ4n) is 1.64. The van der Waals surface area contributed by atoms with Crippen LogP contribution in [0.2, 0.25) is 5.02 Å². The van der Waals surface area contributed by atoms with Gasteiger partial charge in [0.25, 0.3) is 0 Å². The summed E-state index contributed by atoms with van der Waals surface area (Å²) in [5, 5.41) is 7.23. The zero-order valence-corrected chi connectivity index (χ0v) is 10.4. The number of rotatable bonds is 2. The van der Waals surface area contributed by atoms with Gasteiger partial charge in [-0.1, -0.05) is 11.6 Å². The van der Waals surface area contributed by atoms with Gasteiger partial charge in [-0.25, -0.2) is 4.98 Å². The topological polar surface area (TPSA) is 24.9 Å². The van der Waals surface area contributed by atoms with E-state index in [-0.39, 0.29) is 0 Å². The maximum Gasteiger partial charge on any atom is 0.130 e. The van der Waals surface area contributed by atoms with Crippen LogP contribution in [0.15, 0.2) is 48.0 Å². The number of fused-ring (bicyclic) bond motifs is 1. The minimum absolute atomic E-state index is 0.642. The van der Waals surface area contributed by atoms with Crippen LogP contribution in [0.1, 0.15) is 0 Å². The van der Waals surface area contributed by atoms with E-state index in [2.05, 4.69) is 39.9 Å². The number of nitrogens with one attached hydrogen (secondary N) is 1. The zero-order valence-electron chi connectivity index (χ0n) is 8.85. The molecule has 3 aromatic rings. The molecule has 1 N–H and O–H groups in total. The second kappa shape index (κ2) is 4.35. The highest BCUT2D eigenvalue weighted by atomic mass is 35.5. The summed E-state index contributed by atoms with van der Waals surface area (Å²) in [5.41, 5.74) is 1.03. The lowest BCUT2D eigenvalue weighted by Gasteiger charge is -2.05.